The number of amides is 1. The highest BCUT2D eigenvalue weighted by molar-refractivity contribution is 9.10. The molecule has 18 heavy (non-hydrogen) atoms. The predicted octanol–water partition coefficient (Wildman–Crippen LogP) is 3.44. The quantitative estimate of drug-likeness (QED) is 0.795. The average molecular weight is 371 g/mol. The van der Waals surface area contributed by atoms with E-state index in [1.165, 1.54) is 6.20 Å². The number of nitrogens with zero attached hydrogens (tertiary/aromatic N) is 1. The first-order valence-corrected chi connectivity index (χ1v) is 6.62. The van der Waals surface area contributed by atoms with Crippen LogP contribution in [0.1, 0.15) is 10.4 Å². The van der Waals surface area contributed by atoms with E-state index in [9.17, 15) is 4.79 Å². The molecule has 4 nitrogen and oxygen atoms in total. The first-order valence-electron chi connectivity index (χ1n) is 5.03. The molecular weight excluding hydrogens is 362 g/mol. The summed E-state index contributed by atoms with van der Waals surface area (Å²) in [5, 5.41) is 2.78. The fourth-order valence-electron chi connectivity index (χ4n) is 1.36. The number of hydrogen-bond donors (Lipinski definition) is 2. The highest BCUT2D eigenvalue weighted by Gasteiger charge is 2.09. The third-order valence-corrected chi connectivity index (χ3v) is 3.30. The molecule has 1 aromatic heterocycles. The Bertz CT molecular complexity index is 602. The third-order valence-electron chi connectivity index (χ3n) is 2.21. The van der Waals surface area contributed by atoms with Crippen molar-refractivity contribution in [3.8, 4) is 0 Å². The SMILES string of the molecule is Nc1ccc(NC(=O)c2cncc(Br)c2)c(Br)c1. The lowest BCUT2D eigenvalue weighted by molar-refractivity contribution is 0.102. The average Bonchev–Trinajstić information content (AvgIpc) is 2.32. The summed E-state index contributed by atoms with van der Waals surface area (Å²) in [6.45, 7) is 0. The summed E-state index contributed by atoms with van der Waals surface area (Å²) in [6, 6.07) is 6.89. The van der Waals surface area contributed by atoms with Gasteiger partial charge in [0.25, 0.3) is 5.91 Å². The van der Waals surface area contributed by atoms with E-state index in [4.69, 9.17) is 5.73 Å². The van der Waals surface area contributed by atoms with E-state index >= 15 is 0 Å². The maximum atomic E-state index is 12.0. The minimum absolute atomic E-state index is 0.228. The van der Waals surface area contributed by atoms with Gasteiger partial charge in [0.15, 0.2) is 0 Å². The number of carbonyl (C=O) groups excluding carboxylic acids is 1. The van der Waals surface area contributed by atoms with E-state index < -0.39 is 0 Å². The van der Waals surface area contributed by atoms with Gasteiger partial charge in [-0.25, -0.2) is 0 Å². The number of nitrogens with two attached hydrogens (primary N) is 1. The smallest absolute Gasteiger partial charge is 0.257 e. The molecule has 0 spiro atoms. The molecule has 2 aromatic rings. The first-order chi connectivity index (χ1) is 8.56. The minimum atomic E-state index is -0.228. The Kier molecular flexibility index (Phi) is 3.98. The summed E-state index contributed by atoms with van der Waals surface area (Å²) in [4.78, 5) is 15.9. The number of nitrogen functional groups attached to an aromatic ring is 1. The Morgan fingerprint density at radius 2 is 2.00 bits per heavy atom. The Morgan fingerprint density at radius 1 is 1.22 bits per heavy atom. The molecule has 0 saturated heterocycles. The molecule has 1 heterocycles. The summed E-state index contributed by atoms with van der Waals surface area (Å²) in [6.07, 6.45) is 3.13. The summed E-state index contributed by atoms with van der Waals surface area (Å²) < 4.78 is 1.49. The molecule has 0 aliphatic heterocycles. The van der Waals surface area contributed by atoms with Crippen LogP contribution in [-0.4, -0.2) is 10.9 Å². The Hall–Kier alpha value is -1.40. The fraction of sp³-hybridized carbons (Fsp3) is 0. The molecule has 1 aromatic carbocycles. The van der Waals surface area contributed by atoms with E-state index in [-0.39, 0.29) is 5.91 Å². The molecule has 0 saturated carbocycles. The molecule has 1 amide bonds. The summed E-state index contributed by atoms with van der Waals surface area (Å²) in [5.74, 6) is -0.228. The van der Waals surface area contributed by atoms with Crippen LogP contribution in [0.2, 0.25) is 0 Å². The number of carbonyl (C=O) groups is 1. The van der Waals surface area contributed by atoms with Crippen molar-refractivity contribution in [3.05, 3.63) is 51.2 Å². The largest absolute Gasteiger partial charge is 0.399 e. The first kappa shape index (κ1) is 13.0. The van der Waals surface area contributed by atoms with Gasteiger partial charge in [-0.1, -0.05) is 0 Å². The van der Waals surface area contributed by atoms with Crippen molar-refractivity contribution in [2.45, 2.75) is 0 Å². The number of rotatable bonds is 2. The Morgan fingerprint density at radius 3 is 2.67 bits per heavy atom. The number of aromatic nitrogens is 1. The zero-order chi connectivity index (χ0) is 13.1. The Labute approximate surface area is 121 Å². The highest BCUT2D eigenvalue weighted by Crippen LogP contribution is 2.25. The maximum Gasteiger partial charge on any atom is 0.257 e. The number of halogens is 2. The van der Waals surface area contributed by atoms with Crippen molar-refractivity contribution in [1.82, 2.24) is 4.98 Å². The predicted molar refractivity (Wildman–Crippen MR) is 78.4 cm³/mol. The fourth-order valence-corrected chi connectivity index (χ4v) is 2.22. The molecule has 0 bridgehead atoms. The van der Waals surface area contributed by atoms with Gasteiger partial charge in [0.1, 0.15) is 0 Å². The van der Waals surface area contributed by atoms with Crippen LogP contribution in [0.4, 0.5) is 11.4 Å². The van der Waals surface area contributed by atoms with Gasteiger partial charge in [0.05, 0.1) is 11.3 Å². The van der Waals surface area contributed by atoms with Crippen molar-refractivity contribution in [3.63, 3.8) is 0 Å². The van der Waals surface area contributed by atoms with Crippen molar-refractivity contribution in [1.29, 1.82) is 0 Å². The molecule has 6 heteroatoms. The van der Waals surface area contributed by atoms with Crippen LogP contribution < -0.4 is 11.1 Å². The molecule has 0 aliphatic rings. The second kappa shape index (κ2) is 5.49. The van der Waals surface area contributed by atoms with Gasteiger partial charge in [-0.2, -0.15) is 0 Å². The van der Waals surface area contributed by atoms with Crippen molar-refractivity contribution < 1.29 is 4.79 Å². The zero-order valence-electron chi connectivity index (χ0n) is 9.15. The summed E-state index contributed by atoms with van der Waals surface area (Å²) in [5.41, 5.74) is 7.40. The molecule has 2 rings (SSSR count). The lowest BCUT2D eigenvalue weighted by atomic mass is 10.2. The van der Waals surface area contributed by atoms with E-state index in [0.29, 0.717) is 16.9 Å². The molecule has 3 N–H and O–H groups in total. The van der Waals surface area contributed by atoms with Gasteiger partial charge >= 0.3 is 0 Å². The van der Waals surface area contributed by atoms with Crippen LogP contribution in [0.3, 0.4) is 0 Å². The van der Waals surface area contributed by atoms with Gasteiger partial charge in [0.2, 0.25) is 0 Å². The van der Waals surface area contributed by atoms with Gasteiger partial charge in [0, 0.05) is 27.0 Å². The van der Waals surface area contributed by atoms with Crippen molar-refractivity contribution in [2.24, 2.45) is 0 Å². The van der Waals surface area contributed by atoms with Crippen LogP contribution in [-0.2, 0) is 0 Å². The number of anilines is 2. The van der Waals surface area contributed by atoms with Crippen LogP contribution >= 0.6 is 31.9 Å². The lowest BCUT2D eigenvalue weighted by Gasteiger charge is -2.08. The van der Waals surface area contributed by atoms with E-state index in [1.54, 1.807) is 30.5 Å². The molecule has 0 radical (unpaired) electrons. The zero-order valence-corrected chi connectivity index (χ0v) is 12.3. The van der Waals surface area contributed by atoms with Gasteiger partial charge in [-0.3, -0.25) is 9.78 Å². The summed E-state index contributed by atoms with van der Waals surface area (Å²) in [7, 11) is 0. The van der Waals surface area contributed by atoms with Crippen LogP contribution in [0.25, 0.3) is 0 Å². The minimum Gasteiger partial charge on any atom is -0.399 e. The number of nitrogens with one attached hydrogen (secondary N) is 1. The number of pyridine rings is 1. The van der Waals surface area contributed by atoms with E-state index in [2.05, 4.69) is 42.2 Å². The monoisotopic (exact) mass is 369 g/mol. The normalized spacial score (nSPS) is 10.1. The van der Waals surface area contributed by atoms with Crippen LogP contribution in [0, 0.1) is 0 Å². The highest BCUT2D eigenvalue weighted by atomic mass is 79.9. The molecular formula is C12H9Br2N3O. The topological polar surface area (TPSA) is 68.0 Å². The number of hydrogen-bond acceptors (Lipinski definition) is 3. The van der Waals surface area contributed by atoms with E-state index in [0.717, 1.165) is 8.95 Å². The lowest BCUT2D eigenvalue weighted by Crippen LogP contribution is -2.12. The second-order valence-electron chi connectivity index (χ2n) is 3.59. The van der Waals surface area contributed by atoms with Crippen LogP contribution in [0.15, 0.2) is 45.6 Å². The van der Waals surface area contributed by atoms with Crippen molar-refractivity contribution >= 4 is 49.1 Å². The summed E-state index contributed by atoms with van der Waals surface area (Å²) >= 11 is 6.61. The molecule has 0 fully saturated rings. The molecule has 0 aliphatic carbocycles. The van der Waals surface area contributed by atoms with Gasteiger partial charge < -0.3 is 11.1 Å². The van der Waals surface area contributed by atoms with Crippen molar-refractivity contribution in [2.75, 3.05) is 11.1 Å². The molecule has 92 valence electrons. The number of benzene rings is 1. The maximum absolute atomic E-state index is 12.0. The van der Waals surface area contributed by atoms with Gasteiger partial charge in [-0.05, 0) is 56.1 Å². The molecule has 0 atom stereocenters. The second-order valence-corrected chi connectivity index (χ2v) is 5.36. The molecule has 0 unspecified atom stereocenters. The Balaban J connectivity index is 2.21. The van der Waals surface area contributed by atoms with E-state index in [1.807, 2.05) is 0 Å². The van der Waals surface area contributed by atoms with Crippen LogP contribution in [0.5, 0.6) is 0 Å². The standard InChI is InChI=1S/C12H9Br2N3O/c13-8-3-7(5-16-6-8)12(18)17-11-2-1-9(15)4-10(11)14/h1-6H,15H2,(H,17,18). The van der Waals surface area contributed by atoms with Gasteiger partial charge in [-0.15, -0.1) is 0 Å². The third kappa shape index (κ3) is 3.08.